The Morgan fingerprint density at radius 3 is 2.71 bits per heavy atom. The summed E-state index contributed by atoms with van der Waals surface area (Å²) in [7, 11) is -5.68. The standard InChI is InChI=1S/C11H12F2O7S/c12-11(13,21(16,17)18)4-19-9(15)10-3-5-1-6(7(10)2-5)8(14)20-10/h5-7H,1-4H2,(H,16,17,18). The Balaban J connectivity index is 1.74. The van der Waals surface area contributed by atoms with Crippen LogP contribution in [0.5, 0.6) is 0 Å². The fourth-order valence-corrected chi connectivity index (χ4v) is 3.87. The van der Waals surface area contributed by atoms with Crippen molar-refractivity contribution in [2.45, 2.75) is 30.1 Å². The summed E-state index contributed by atoms with van der Waals surface area (Å²) in [5, 5.41) is -4.60. The average molecular weight is 326 g/mol. The first-order chi connectivity index (χ1) is 9.57. The van der Waals surface area contributed by atoms with Gasteiger partial charge in [-0.25, -0.2) is 4.79 Å². The molecule has 0 aromatic carbocycles. The Morgan fingerprint density at radius 2 is 2.14 bits per heavy atom. The van der Waals surface area contributed by atoms with E-state index in [1.54, 1.807) is 0 Å². The highest BCUT2D eigenvalue weighted by molar-refractivity contribution is 7.86. The van der Waals surface area contributed by atoms with Crippen LogP contribution in [-0.4, -0.2) is 42.4 Å². The summed E-state index contributed by atoms with van der Waals surface area (Å²) in [6, 6.07) is 0. The number of hydrogen-bond acceptors (Lipinski definition) is 6. The van der Waals surface area contributed by atoms with Gasteiger partial charge in [-0.3, -0.25) is 9.35 Å². The second kappa shape index (κ2) is 4.13. The molecular formula is C11H12F2O7S. The molecule has 0 aromatic heterocycles. The van der Waals surface area contributed by atoms with Crippen LogP contribution < -0.4 is 0 Å². The van der Waals surface area contributed by atoms with Gasteiger partial charge in [-0.05, 0) is 18.8 Å². The van der Waals surface area contributed by atoms with E-state index < -0.39 is 51.4 Å². The number of carbonyl (C=O) groups excluding carboxylic acids is 2. The minimum atomic E-state index is -5.68. The van der Waals surface area contributed by atoms with Gasteiger partial charge in [0, 0.05) is 12.3 Å². The summed E-state index contributed by atoms with van der Waals surface area (Å²) in [5.74, 6) is -2.44. The fourth-order valence-electron chi connectivity index (χ4n) is 3.66. The molecule has 3 fully saturated rings. The van der Waals surface area contributed by atoms with E-state index in [0.717, 1.165) is 0 Å². The lowest BCUT2D eigenvalue weighted by atomic mass is 9.80. The highest BCUT2D eigenvalue weighted by Crippen LogP contribution is 2.60. The van der Waals surface area contributed by atoms with E-state index in [9.17, 15) is 26.8 Å². The molecule has 0 spiro atoms. The monoisotopic (exact) mass is 326 g/mol. The first-order valence-corrected chi connectivity index (χ1v) is 7.76. The summed E-state index contributed by atoms with van der Waals surface area (Å²) in [4.78, 5) is 23.7. The van der Waals surface area contributed by atoms with Crippen molar-refractivity contribution in [3.8, 4) is 0 Å². The molecule has 1 N–H and O–H groups in total. The molecule has 7 nitrogen and oxygen atoms in total. The van der Waals surface area contributed by atoms with Crippen molar-refractivity contribution < 1.29 is 40.8 Å². The molecule has 2 bridgehead atoms. The molecule has 21 heavy (non-hydrogen) atoms. The largest absolute Gasteiger partial charge is 0.455 e. The van der Waals surface area contributed by atoms with E-state index >= 15 is 0 Å². The number of esters is 2. The fraction of sp³-hybridized carbons (Fsp3) is 0.818. The van der Waals surface area contributed by atoms with E-state index in [1.165, 1.54) is 0 Å². The minimum absolute atomic E-state index is 0.0982. The van der Waals surface area contributed by atoms with Gasteiger partial charge in [-0.15, -0.1) is 0 Å². The highest BCUT2D eigenvalue weighted by Gasteiger charge is 2.70. The lowest BCUT2D eigenvalue weighted by Crippen LogP contribution is -2.46. The topological polar surface area (TPSA) is 107 Å². The quantitative estimate of drug-likeness (QED) is 0.587. The van der Waals surface area contributed by atoms with Crippen LogP contribution in [-0.2, 0) is 29.2 Å². The number of hydrogen-bond donors (Lipinski definition) is 1. The number of halogens is 2. The maximum Gasteiger partial charge on any atom is 0.402 e. The zero-order valence-corrected chi connectivity index (χ0v) is 11.4. The third kappa shape index (κ3) is 1.95. The SMILES string of the molecule is O=C1OC2(C(=O)OCC(F)(F)S(=O)(=O)O)CC3CC1C2C3. The Labute approximate surface area is 118 Å². The van der Waals surface area contributed by atoms with Crippen LogP contribution in [0.2, 0.25) is 0 Å². The van der Waals surface area contributed by atoms with Crippen LogP contribution in [0.4, 0.5) is 8.78 Å². The van der Waals surface area contributed by atoms with Gasteiger partial charge in [0.2, 0.25) is 5.60 Å². The number of rotatable bonds is 4. The molecule has 1 aliphatic heterocycles. The minimum Gasteiger partial charge on any atom is -0.455 e. The molecule has 3 aliphatic rings. The van der Waals surface area contributed by atoms with Crippen molar-refractivity contribution in [3.05, 3.63) is 0 Å². The maximum atomic E-state index is 13.1. The Hall–Kier alpha value is -1.29. The molecule has 1 saturated heterocycles. The summed E-state index contributed by atoms with van der Waals surface area (Å²) in [5.41, 5.74) is -1.57. The van der Waals surface area contributed by atoms with Gasteiger partial charge < -0.3 is 9.47 Å². The van der Waals surface area contributed by atoms with E-state index in [1.807, 2.05) is 0 Å². The van der Waals surface area contributed by atoms with E-state index in [4.69, 9.17) is 9.29 Å². The van der Waals surface area contributed by atoms with E-state index in [-0.39, 0.29) is 12.3 Å². The normalized spacial score (nSPS) is 37.7. The average Bonchev–Trinajstić information content (AvgIpc) is 2.94. The molecule has 118 valence electrons. The first-order valence-electron chi connectivity index (χ1n) is 6.32. The van der Waals surface area contributed by atoms with Crippen molar-refractivity contribution in [1.29, 1.82) is 0 Å². The van der Waals surface area contributed by atoms with Crippen LogP contribution in [0.1, 0.15) is 19.3 Å². The molecule has 10 heteroatoms. The Bertz CT molecular complexity index is 616. The van der Waals surface area contributed by atoms with E-state index in [0.29, 0.717) is 12.8 Å². The van der Waals surface area contributed by atoms with Gasteiger partial charge in [0.1, 0.15) is 0 Å². The summed E-state index contributed by atoms with van der Waals surface area (Å²) in [6.45, 7) is -1.81. The third-order valence-electron chi connectivity index (χ3n) is 4.53. The predicted octanol–water partition coefficient (Wildman–Crippen LogP) is 0.352. The number of carbonyl (C=O) groups is 2. The second-order valence-electron chi connectivity index (χ2n) is 5.75. The van der Waals surface area contributed by atoms with Gasteiger partial charge in [-0.1, -0.05) is 0 Å². The van der Waals surface area contributed by atoms with Crippen LogP contribution in [0, 0.1) is 17.8 Å². The van der Waals surface area contributed by atoms with Gasteiger partial charge >= 0.3 is 27.3 Å². The van der Waals surface area contributed by atoms with Crippen LogP contribution in [0.15, 0.2) is 0 Å². The smallest absolute Gasteiger partial charge is 0.402 e. The molecule has 0 amide bonds. The molecule has 1 heterocycles. The van der Waals surface area contributed by atoms with E-state index in [2.05, 4.69) is 4.74 Å². The molecule has 2 aliphatic carbocycles. The Morgan fingerprint density at radius 1 is 1.48 bits per heavy atom. The van der Waals surface area contributed by atoms with Gasteiger partial charge in [-0.2, -0.15) is 17.2 Å². The van der Waals surface area contributed by atoms with Crippen molar-refractivity contribution in [1.82, 2.24) is 0 Å². The van der Waals surface area contributed by atoms with Crippen LogP contribution >= 0.6 is 0 Å². The van der Waals surface area contributed by atoms with Crippen LogP contribution in [0.25, 0.3) is 0 Å². The second-order valence-corrected chi connectivity index (χ2v) is 7.30. The summed E-state index contributed by atoms with van der Waals surface area (Å²) in [6.07, 6.45) is 1.40. The molecule has 0 aromatic rings. The zero-order chi connectivity index (χ0) is 15.6. The molecule has 3 rings (SSSR count). The number of ether oxygens (including phenoxy) is 2. The summed E-state index contributed by atoms with van der Waals surface area (Å²) >= 11 is 0. The van der Waals surface area contributed by atoms with Crippen molar-refractivity contribution >= 4 is 22.1 Å². The van der Waals surface area contributed by atoms with Crippen molar-refractivity contribution in [2.24, 2.45) is 17.8 Å². The van der Waals surface area contributed by atoms with Crippen molar-refractivity contribution in [2.75, 3.05) is 6.61 Å². The highest BCUT2D eigenvalue weighted by atomic mass is 32.2. The number of alkyl halides is 2. The molecule has 2 saturated carbocycles. The lowest BCUT2D eigenvalue weighted by Gasteiger charge is -2.28. The Kier molecular flexibility index (Phi) is 2.88. The zero-order valence-electron chi connectivity index (χ0n) is 10.6. The lowest BCUT2D eigenvalue weighted by molar-refractivity contribution is -0.180. The molecular weight excluding hydrogens is 314 g/mol. The first kappa shape index (κ1) is 14.6. The van der Waals surface area contributed by atoms with Crippen molar-refractivity contribution in [3.63, 3.8) is 0 Å². The third-order valence-corrected chi connectivity index (χ3v) is 5.40. The molecule has 0 radical (unpaired) electrons. The van der Waals surface area contributed by atoms with Gasteiger partial charge in [0.05, 0.1) is 5.92 Å². The molecule has 4 unspecified atom stereocenters. The summed E-state index contributed by atoms with van der Waals surface area (Å²) < 4.78 is 64.8. The number of fused-ring (bicyclic) bond motifs is 1. The predicted molar refractivity (Wildman–Crippen MR) is 60.6 cm³/mol. The van der Waals surface area contributed by atoms with Gasteiger partial charge in [0.25, 0.3) is 0 Å². The van der Waals surface area contributed by atoms with Crippen LogP contribution in [0.3, 0.4) is 0 Å². The van der Waals surface area contributed by atoms with Gasteiger partial charge in [0.15, 0.2) is 6.61 Å². The molecule has 4 atom stereocenters. The maximum absolute atomic E-state index is 13.1.